The Balaban J connectivity index is 1.60. The van der Waals surface area contributed by atoms with Crippen molar-refractivity contribution < 1.29 is 14.3 Å². The molecule has 1 fully saturated rings. The van der Waals surface area contributed by atoms with Crippen LogP contribution < -0.4 is 19.7 Å². The van der Waals surface area contributed by atoms with Crippen molar-refractivity contribution in [3.63, 3.8) is 0 Å². The molecule has 2 amide bonds. The topological polar surface area (TPSA) is 79.8 Å². The second-order valence-corrected chi connectivity index (χ2v) is 5.52. The van der Waals surface area contributed by atoms with Crippen molar-refractivity contribution in [1.82, 2.24) is 14.9 Å². The Morgan fingerprint density at radius 3 is 2.44 bits per heavy atom. The van der Waals surface area contributed by atoms with Gasteiger partial charge in [-0.25, -0.2) is 14.8 Å². The molecule has 0 aliphatic carbocycles. The predicted octanol–water partition coefficient (Wildman–Crippen LogP) is 1.85. The number of carbonyl (C=O) groups is 1. The summed E-state index contributed by atoms with van der Waals surface area (Å²) in [6.45, 7) is 2.58. The number of piperazine rings is 1. The van der Waals surface area contributed by atoms with Crippen molar-refractivity contribution in [1.29, 1.82) is 0 Å². The molecule has 2 aromatic rings. The van der Waals surface area contributed by atoms with Gasteiger partial charge in [-0.15, -0.1) is 0 Å². The summed E-state index contributed by atoms with van der Waals surface area (Å²) in [5, 5.41) is 2.89. The third kappa shape index (κ3) is 3.90. The summed E-state index contributed by atoms with van der Waals surface area (Å²) >= 11 is 0. The van der Waals surface area contributed by atoms with Crippen LogP contribution >= 0.6 is 0 Å². The lowest BCUT2D eigenvalue weighted by molar-refractivity contribution is 0.208. The molecule has 132 valence electrons. The van der Waals surface area contributed by atoms with Crippen LogP contribution in [0, 0.1) is 0 Å². The molecule has 1 aliphatic rings. The summed E-state index contributed by atoms with van der Waals surface area (Å²) in [6.07, 6.45) is 3.44. The van der Waals surface area contributed by atoms with Gasteiger partial charge in [0.1, 0.15) is 11.5 Å². The van der Waals surface area contributed by atoms with Crippen LogP contribution in [0.25, 0.3) is 0 Å². The SMILES string of the molecule is COc1ccc(NC(=O)N2CCN(c3ncccn3)CC2)c(OC)c1. The lowest BCUT2D eigenvalue weighted by atomic mass is 10.2. The first-order valence-electron chi connectivity index (χ1n) is 8.01. The number of hydrogen-bond acceptors (Lipinski definition) is 6. The van der Waals surface area contributed by atoms with Gasteiger partial charge in [0.15, 0.2) is 0 Å². The molecule has 0 radical (unpaired) electrons. The van der Waals surface area contributed by atoms with Crippen molar-refractivity contribution in [2.45, 2.75) is 0 Å². The molecule has 0 bridgehead atoms. The van der Waals surface area contributed by atoms with Gasteiger partial charge in [-0.1, -0.05) is 0 Å². The van der Waals surface area contributed by atoms with E-state index < -0.39 is 0 Å². The van der Waals surface area contributed by atoms with Gasteiger partial charge in [-0.3, -0.25) is 0 Å². The minimum Gasteiger partial charge on any atom is -0.497 e. The van der Waals surface area contributed by atoms with Crippen molar-refractivity contribution in [2.24, 2.45) is 0 Å². The molecule has 0 saturated carbocycles. The minimum absolute atomic E-state index is 0.155. The van der Waals surface area contributed by atoms with E-state index in [0.29, 0.717) is 49.3 Å². The van der Waals surface area contributed by atoms with Gasteiger partial charge >= 0.3 is 6.03 Å². The Hall–Kier alpha value is -3.03. The molecule has 1 aromatic carbocycles. The summed E-state index contributed by atoms with van der Waals surface area (Å²) in [7, 11) is 3.14. The van der Waals surface area contributed by atoms with E-state index in [0.717, 1.165) is 0 Å². The molecular formula is C17H21N5O3. The number of nitrogens with one attached hydrogen (secondary N) is 1. The third-order valence-electron chi connectivity index (χ3n) is 4.05. The number of rotatable bonds is 4. The molecule has 0 atom stereocenters. The number of urea groups is 1. The number of nitrogens with zero attached hydrogens (tertiary/aromatic N) is 4. The monoisotopic (exact) mass is 343 g/mol. The normalized spacial score (nSPS) is 14.2. The molecule has 1 N–H and O–H groups in total. The van der Waals surface area contributed by atoms with Crippen molar-refractivity contribution in [2.75, 3.05) is 50.6 Å². The van der Waals surface area contributed by atoms with Gasteiger partial charge < -0.3 is 24.6 Å². The Bertz CT molecular complexity index is 717. The maximum Gasteiger partial charge on any atom is 0.322 e. The number of aromatic nitrogens is 2. The number of ether oxygens (including phenoxy) is 2. The second-order valence-electron chi connectivity index (χ2n) is 5.52. The Labute approximate surface area is 146 Å². The van der Waals surface area contributed by atoms with Crippen LogP contribution in [0.5, 0.6) is 11.5 Å². The highest BCUT2D eigenvalue weighted by Crippen LogP contribution is 2.29. The molecule has 0 unspecified atom stereocenters. The van der Waals surface area contributed by atoms with E-state index in [1.165, 1.54) is 0 Å². The minimum atomic E-state index is -0.155. The Morgan fingerprint density at radius 1 is 1.08 bits per heavy atom. The number of carbonyl (C=O) groups excluding carboxylic acids is 1. The fraction of sp³-hybridized carbons (Fsp3) is 0.353. The standard InChI is InChI=1S/C17H21N5O3/c1-24-13-4-5-14(15(12-13)25-2)20-17(23)22-10-8-21(9-11-22)16-18-6-3-7-19-16/h3-7,12H,8-11H2,1-2H3,(H,20,23). The molecule has 8 heteroatoms. The Kier molecular flexibility index (Phi) is 5.17. The number of methoxy groups -OCH3 is 2. The maximum absolute atomic E-state index is 12.5. The first-order valence-corrected chi connectivity index (χ1v) is 8.01. The first kappa shape index (κ1) is 16.8. The fourth-order valence-electron chi connectivity index (χ4n) is 2.66. The summed E-state index contributed by atoms with van der Waals surface area (Å²) in [5.74, 6) is 1.93. The third-order valence-corrected chi connectivity index (χ3v) is 4.05. The van der Waals surface area contributed by atoms with Crippen LogP contribution in [0.2, 0.25) is 0 Å². The van der Waals surface area contributed by atoms with Gasteiger partial charge in [-0.05, 0) is 18.2 Å². The van der Waals surface area contributed by atoms with Crippen molar-refractivity contribution >= 4 is 17.7 Å². The van der Waals surface area contributed by atoms with Crippen LogP contribution in [0.15, 0.2) is 36.7 Å². The highest BCUT2D eigenvalue weighted by Gasteiger charge is 2.23. The van der Waals surface area contributed by atoms with Gasteiger partial charge in [0.05, 0.1) is 19.9 Å². The molecule has 1 aliphatic heterocycles. The highest BCUT2D eigenvalue weighted by atomic mass is 16.5. The molecule has 0 spiro atoms. The summed E-state index contributed by atoms with van der Waals surface area (Å²) in [5.41, 5.74) is 0.613. The van der Waals surface area contributed by atoms with Crippen molar-refractivity contribution in [3.8, 4) is 11.5 Å². The van der Waals surface area contributed by atoms with Gasteiger partial charge in [0.25, 0.3) is 0 Å². The summed E-state index contributed by atoms with van der Waals surface area (Å²) in [4.78, 5) is 24.8. The van der Waals surface area contributed by atoms with Crippen LogP contribution in [-0.4, -0.2) is 61.3 Å². The smallest absolute Gasteiger partial charge is 0.322 e. The van der Waals surface area contributed by atoms with Gasteiger partial charge in [0.2, 0.25) is 5.95 Å². The average molecular weight is 343 g/mol. The summed E-state index contributed by atoms with van der Waals surface area (Å²) < 4.78 is 10.5. The number of amides is 2. The lowest BCUT2D eigenvalue weighted by Gasteiger charge is -2.34. The van der Waals surface area contributed by atoms with E-state index in [1.54, 1.807) is 55.8 Å². The maximum atomic E-state index is 12.5. The van der Waals surface area contributed by atoms with Crippen LogP contribution in [0.4, 0.5) is 16.4 Å². The molecule has 2 heterocycles. The van der Waals surface area contributed by atoms with Crippen LogP contribution in [0.3, 0.4) is 0 Å². The fourth-order valence-corrected chi connectivity index (χ4v) is 2.66. The van der Waals surface area contributed by atoms with Crippen molar-refractivity contribution in [3.05, 3.63) is 36.7 Å². The van der Waals surface area contributed by atoms with E-state index in [9.17, 15) is 4.79 Å². The van der Waals surface area contributed by atoms with E-state index in [4.69, 9.17) is 9.47 Å². The quantitative estimate of drug-likeness (QED) is 0.913. The molecule has 8 nitrogen and oxygen atoms in total. The second kappa shape index (κ2) is 7.69. The zero-order valence-electron chi connectivity index (χ0n) is 14.3. The lowest BCUT2D eigenvalue weighted by Crippen LogP contribution is -2.50. The van der Waals surface area contributed by atoms with Gasteiger partial charge in [-0.2, -0.15) is 0 Å². The van der Waals surface area contributed by atoms with Crippen LogP contribution in [-0.2, 0) is 0 Å². The van der Waals surface area contributed by atoms with Crippen LogP contribution in [0.1, 0.15) is 0 Å². The number of anilines is 2. The van der Waals surface area contributed by atoms with E-state index in [-0.39, 0.29) is 6.03 Å². The largest absolute Gasteiger partial charge is 0.497 e. The van der Waals surface area contributed by atoms with E-state index in [2.05, 4.69) is 20.2 Å². The van der Waals surface area contributed by atoms with E-state index in [1.807, 2.05) is 0 Å². The van der Waals surface area contributed by atoms with Gasteiger partial charge in [0, 0.05) is 44.6 Å². The zero-order valence-corrected chi connectivity index (χ0v) is 14.3. The predicted molar refractivity (Wildman–Crippen MR) is 94.4 cm³/mol. The number of hydrogen-bond donors (Lipinski definition) is 1. The number of benzene rings is 1. The average Bonchev–Trinajstić information content (AvgIpc) is 2.69. The summed E-state index contributed by atoms with van der Waals surface area (Å²) in [6, 6.07) is 6.92. The molecule has 3 rings (SSSR count). The molecule has 25 heavy (non-hydrogen) atoms. The molecule has 1 saturated heterocycles. The molecule has 1 aromatic heterocycles. The zero-order chi connectivity index (χ0) is 17.6. The first-order chi connectivity index (χ1) is 12.2. The van der Waals surface area contributed by atoms with E-state index >= 15 is 0 Å². The Morgan fingerprint density at radius 2 is 1.80 bits per heavy atom. The highest BCUT2D eigenvalue weighted by molar-refractivity contribution is 5.91. The molecular weight excluding hydrogens is 322 g/mol.